The van der Waals surface area contributed by atoms with E-state index in [1.807, 2.05) is 13.8 Å². The van der Waals surface area contributed by atoms with Gasteiger partial charge in [0.25, 0.3) is 0 Å². The number of carbonyl (C=O) groups excluding carboxylic acids is 2. The minimum atomic E-state index is -0.194. The van der Waals surface area contributed by atoms with E-state index in [0.29, 0.717) is 18.7 Å². The van der Waals surface area contributed by atoms with Crippen LogP contribution in [0.5, 0.6) is 0 Å². The first-order chi connectivity index (χ1) is 7.11. The van der Waals surface area contributed by atoms with E-state index in [9.17, 15) is 9.59 Å². The van der Waals surface area contributed by atoms with Crippen molar-refractivity contribution in [1.82, 2.24) is 5.32 Å². The van der Waals surface area contributed by atoms with Crippen LogP contribution in [0.4, 0.5) is 0 Å². The minimum Gasteiger partial charge on any atom is -0.469 e. The van der Waals surface area contributed by atoms with Crippen molar-refractivity contribution in [2.24, 2.45) is 5.92 Å². The van der Waals surface area contributed by atoms with Crippen molar-refractivity contribution in [3.8, 4) is 0 Å². The highest BCUT2D eigenvalue weighted by molar-refractivity contribution is 7.99. The molecule has 0 aliphatic heterocycles. The molecule has 0 aromatic rings. The summed E-state index contributed by atoms with van der Waals surface area (Å²) in [6.45, 7) is 4.39. The lowest BCUT2D eigenvalue weighted by Gasteiger charge is -2.08. The fourth-order valence-electron chi connectivity index (χ4n) is 0.980. The summed E-state index contributed by atoms with van der Waals surface area (Å²) in [4.78, 5) is 22.1. The third kappa shape index (κ3) is 7.25. The quantitative estimate of drug-likeness (QED) is 0.527. The average molecular weight is 233 g/mol. The Morgan fingerprint density at radius 1 is 1.47 bits per heavy atom. The summed E-state index contributed by atoms with van der Waals surface area (Å²) < 4.78 is 4.60. The predicted octanol–water partition coefficient (Wildman–Crippen LogP) is 1.05. The van der Waals surface area contributed by atoms with E-state index in [-0.39, 0.29) is 17.8 Å². The molecule has 5 heteroatoms. The minimum absolute atomic E-state index is 0.0655. The van der Waals surface area contributed by atoms with Crippen LogP contribution in [0.2, 0.25) is 0 Å². The fraction of sp³-hybridized carbons (Fsp3) is 0.800. The fourth-order valence-corrected chi connectivity index (χ4v) is 1.97. The van der Waals surface area contributed by atoms with E-state index < -0.39 is 0 Å². The lowest BCUT2D eigenvalue weighted by Crippen LogP contribution is -2.23. The largest absolute Gasteiger partial charge is 0.469 e. The zero-order valence-electron chi connectivity index (χ0n) is 9.54. The molecule has 1 atom stereocenters. The summed E-state index contributed by atoms with van der Waals surface area (Å²) in [6.07, 6.45) is 0.506. The number of nitrogens with one attached hydrogen (secondary N) is 1. The van der Waals surface area contributed by atoms with Crippen molar-refractivity contribution >= 4 is 23.6 Å². The third-order valence-corrected chi connectivity index (χ3v) is 3.05. The molecule has 0 aliphatic rings. The summed E-state index contributed by atoms with van der Waals surface area (Å²) in [5.41, 5.74) is 0. The molecule has 0 aromatic carbocycles. The van der Waals surface area contributed by atoms with Gasteiger partial charge in [-0.05, 0) is 6.92 Å². The van der Waals surface area contributed by atoms with Gasteiger partial charge in [-0.25, -0.2) is 0 Å². The lowest BCUT2D eigenvalue weighted by atomic mass is 10.2. The normalized spacial score (nSPS) is 11.9. The topological polar surface area (TPSA) is 55.4 Å². The van der Waals surface area contributed by atoms with Crippen LogP contribution in [0, 0.1) is 5.92 Å². The first-order valence-corrected chi connectivity index (χ1v) is 6.19. The number of hydrogen-bond acceptors (Lipinski definition) is 4. The van der Waals surface area contributed by atoms with Crippen molar-refractivity contribution in [2.45, 2.75) is 20.3 Å². The maximum Gasteiger partial charge on any atom is 0.309 e. The first kappa shape index (κ1) is 14.3. The third-order valence-electron chi connectivity index (χ3n) is 1.82. The van der Waals surface area contributed by atoms with Crippen molar-refractivity contribution in [2.75, 3.05) is 25.2 Å². The standard InChI is InChI=1S/C10H19NO3S/c1-4-11-9(12)5-6-15-7-8(2)10(13)14-3/h8H,4-7H2,1-3H3,(H,11,12). The number of hydrogen-bond donors (Lipinski definition) is 1. The SMILES string of the molecule is CCNC(=O)CCSCC(C)C(=O)OC. The van der Waals surface area contributed by atoms with E-state index in [0.717, 1.165) is 5.75 Å². The van der Waals surface area contributed by atoms with Crippen molar-refractivity contribution < 1.29 is 14.3 Å². The molecule has 1 amide bonds. The van der Waals surface area contributed by atoms with Gasteiger partial charge in [0, 0.05) is 24.5 Å². The molecule has 0 spiro atoms. The molecule has 0 aliphatic carbocycles. The molecular formula is C10H19NO3S. The van der Waals surface area contributed by atoms with Gasteiger partial charge in [0.1, 0.15) is 0 Å². The van der Waals surface area contributed by atoms with Crippen LogP contribution in [-0.4, -0.2) is 37.0 Å². The van der Waals surface area contributed by atoms with Crippen LogP contribution in [0.1, 0.15) is 20.3 Å². The van der Waals surface area contributed by atoms with Gasteiger partial charge in [0.15, 0.2) is 0 Å². The summed E-state index contributed by atoms with van der Waals surface area (Å²) in [5, 5.41) is 2.72. The molecule has 0 aromatic heterocycles. The van der Waals surface area contributed by atoms with E-state index >= 15 is 0 Å². The Morgan fingerprint density at radius 2 is 2.13 bits per heavy atom. The predicted molar refractivity (Wildman–Crippen MR) is 61.8 cm³/mol. The molecule has 0 radical (unpaired) electrons. The van der Waals surface area contributed by atoms with E-state index in [1.54, 1.807) is 11.8 Å². The van der Waals surface area contributed by atoms with E-state index in [1.165, 1.54) is 7.11 Å². The van der Waals surface area contributed by atoms with Gasteiger partial charge in [0.2, 0.25) is 5.91 Å². The zero-order valence-corrected chi connectivity index (χ0v) is 10.4. The Kier molecular flexibility index (Phi) is 8.18. The smallest absolute Gasteiger partial charge is 0.309 e. The van der Waals surface area contributed by atoms with Gasteiger partial charge in [-0.3, -0.25) is 9.59 Å². The van der Waals surface area contributed by atoms with Gasteiger partial charge >= 0.3 is 5.97 Å². The summed E-state index contributed by atoms with van der Waals surface area (Å²) in [6, 6.07) is 0. The number of esters is 1. The number of carbonyl (C=O) groups is 2. The van der Waals surface area contributed by atoms with Crippen LogP contribution >= 0.6 is 11.8 Å². The second kappa shape index (κ2) is 8.59. The Labute approximate surface area is 95.1 Å². The molecule has 0 heterocycles. The lowest BCUT2D eigenvalue weighted by molar-refractivity contribution is -0.144. The number of amides is 1. The number of rotatable bonds is 7. The maximum absolute atomic E-state index is 11.1. The Hall–Kier alpha value is -0.710. The molecular weight excluding hydrogens is 214 g/mol. The molecule has 1 unspecified atom stereocenters. The molecule has 0 saturated carbocycles. The summed E-state index contributed by atoms with van der Waals surface area (Å²) in [7, 11) is 1.39. The summed E-state index contributed by atoms with van der Waals surface area (Å²) in [5.74, 6) is 1.21. The highest BCUT2D eigenvalue weighted by Gasteiger charge is 2.12. The zero-order chi connectivity index (χ0) is 11.7. The molecule has 1 N–H and O–H groups in total. The molecule has 4 nitrogen and oxygen atoms in total. The van der Waals surface area contributed by atoms with Crippen molar-refractivity contribution in [1.29, 1.82) is 0 Å². The van der Waals surface area contributed by atoms with Gasteiger partial charge < -0.3 is 10.1 Å². The number of thioether (sulfide) groups is 1. The van der Waals surface area contributed by atoms with Gasteiger partial charge in [0.05, 0.1) is 13.0 Å². The molecule has 0 rings (SSSR count). The molecule has 88 valence electrons. The average Bonchev–Trinajstić information content (AvgIpc) is 2.23. The van der Waals surface area contributed by atoms with Gasteiger partial charge in [-0.15, -0.1) is 0 Å². The van der Waals surface area contributed by atoms with Gasteiger partial charge in [-0.2, -0.15) is 11.8 Å². The van der Waals surface area contributed by atoms with Crippen LogP contribution in [0.3, 0.4) is 0 Å². The molecule has 0 fully saturated rings. The Balaban J connectivity index is 3.46. The van der Waals surface area contributed by atoms with Gasteiger partial charge in [-0.1, -0.05) is 6.92 Å². The van der Waals surface area contributed by atoms with E-state index in [2.05, 4.69) is 10.1 Å². The molecule has 15 heavy (non-hydrogen) atoms. The number of ether oxygens (including phenoxy) is 1. The second-order valence-corrected chi connectivity index (χ2v) is 4.35. The first-order valence-electron chi connectivity index (χ1n) is 5.04. The molecule has 0 saturated heterocycles. The van der Waals surface area contributed by atoms with Crippen LogP contribution in [-0.2, 0) is 14.3 Å². The van der Waals surface area contributed by atoms with Crippen LogP contribution < -0.4 is 5.32 Å². The van der Waals surface area contributed by atoms with Crippen molar-refractivity contribution in [3.63, 3.8) is 0 Å². The second-order valence-electron chi connectivity index (χ2n) is 3.20. The Bertz CT molecular complexity index is 209. The van der Waals surface area contributed by atoms with Crippen molar-refractivity contribution in [3.05, 3.63) is 0 Å². The highest BCUT2D eigenvalue weighted by Crippen LogP contribution is 2.10. The van der Waals surface area contributed by atoms with Crippen LogP contribution in [0.15, 0.2) is 0 Å². The number of methoxy groups -OCH3 is 1. The molecule has 0 bridgehead atoms. The Morgan fingerprint density at radius 3 is 2.67 bits per heavy atom. The van der Waals surface area contributed by atoms with E-state index in [4.69, 9.17) is 0 Å². The summed E-state index contributed by atoms with van der Waals surface area (Å²) >= 11 is 1.60. The highest BCUT2D eigenvalue weighted by atomic mass is 32.2. The maximum atomic E-state index is 11.1. The monoisotopic (exact) mass is 233 g/mol. The van der Waals surface area contributed by atoms with Crippen LogP contribution in [0.25, 0.3) is 0 Å².